The van der Waals surface area contributed by atoms with Crippen molar-refractivity contribution < 1.29 is 23.8 Å². The fraction of sp³-hybridized carbons (Fsp3) is 0.400. The first kappa shape index (κ1) is 18.0. The minimum absolute atomic E-state index is 0.0245. The third kappa shape index (κ3) is 3.31. The number of methoxy groups -OCH3 is 1. The summed E-state index contributed by atoms with van der Waals surface area (Å²) in [4.78, 5) is 24.1. The summed E-state index contributed by atoms with van der Waals surface area (Å²) in [6.07, 6.45) is 2.05. The second-order valence-electron chi connectivity index (χ2n) is 6.75. The molecule has 0 radical (unpaired) electrons. The molecule has 6 nitrogen and oxygen atoms in total. The predicted octanol–water partition coefficient (Wildman–Crippen LogP) is 3.26. The van der Waals surface area contributed by atoms with E-state index < -0.39 is 0 Å². The summed E-state index contributed by atoms with van der Waals surface area (Å²) >= 11 is 0. The lowest BCUT2D eigenvalue weighted by Crippen LogP contribution is -2.22. The van der Waals surface area contributed by atoms with Crippen molar-refractivity contribution in [2.75, 3.05) is 7.11 Å². The molecular weight excluding hydrogens is 336 g/mol. The maximum Gasteiger partial charge on any atom is 0.196 e. The first-order chi connectivity index (χ1) is 12.3. The zero-order chi connectivity index (χ0) is 19.0. The van der Waals surface area contributed by atoms with Gasteiger partial charge in [-0.1, -0.05) is 6.92 Å². The average molecular weight is 358 g/mol. The summed E-state index contributed by atoms with van der Waals surface area (Å²) in [5.74, 6) is 1.15. The van der Waals surface area contributed by atoms with Crippen LogP contribution in [0.1, 0.15) is 31.6 Å². The SMILES string of the molecule is COc1cc2oc(C)cc(=O)c2c(O)c1C[C@H](C)C1=CC(=O)C[C@H](C)O1. The van der Waals surface area contributed by atoms with Gasteiger partial charge < -0.3 is 19.0 Å². The van der Waals surface area contributed by atoms with Crippen LogP contribution in [0.15, 0.2) is 33.2 Å². The second-order valence-corrected chi connectivity index (χ2v) is 6.75. The number of phenols is 1. The summed E-state index contributed by atoms with van der Waals surface area (Å²) in [7, 11) is 1.49. The van der Waals surface area contributed by atoms with E-state index in [1.54, 1.807) is 13.0 Å². The molecule has 2 atom stereocenters. The Morgan fingerprint density at radius 2 is 2.08 bits per heavy atom. The average Bonchev–Trinajstić information content (AvgIpc) is 2.55. The van der Waals surface area contributed by atoms with Crippen LogP contribution in [0.2, 0.25) is 0 Å². The van der Waals surface area contributed by atoms with E-state index in [9.17, 15) is 14.7 Å². The van der Waals surface area contributed by atoms with Crippen molar-refractivity contribution in [2.24, 2.45) is 5.92 Å². The quantitative estimate of drug-likeness (QED) is 0.903. The van der Waals surface area contributed by atoms with E-state index in [0.29, 0.717) is 35.7 Å². The van der Waals surface area contributed by atoms with Crippen LogP contribution < -0.4 is 10.2 Å². The number of benzene rings is 1. The summed E-state index contributed by atoms with van der Waals surface area (Å²) in [6, 6.07) is 2.95. The number of ketones is 1. The molecule has 1 aliphatic heterocycles. The molecule has 0 spiro atoms. The Morgan fingerprint density at radius 3 is 2.73 bits per heavy atom. The zero-order valence-corrected chi connectivity index (χ0v) is 15.3. The molecule has 0 fully saturated rings. The monoisotopic (exact) mass is 358 g/mol. The zero-order valence-electron chi connectivity index (χ0n) is 15.3. The number of carbonyl (C=O) groups excluding carboxylic acids is 1. The number of phenolic OH excluding ortho intramolecular Hbond substituents is 1. The van der Waals surface area contributed by atoms with Gasteiger partial charge >= 0.3 is 0 Å². The van der Waals surface area contributed by atoms with E-state index in [-0.39, 0.29) is 40.0 Å². The molecule has 0 amide bonds. The smallest absolute Gasteiger partial charge is 0.196 e. The minimum Gasteiger partial charge on any atom is -0.507 e. The van der Waals surface area contributed by atoms with Gasteiger partial charge in [0.25, 0.3) is 0 Å². The van der Waals surface area contributed by atoms with Crippen molar-refractivity contribution in [1.29, 1.82) is 0 Å². The van der Waals surface area contributed by atoms with Crippen LogP contribution >= 0.6 is 0 Å². The van der Waals surface area contributed by atoms with Crippen molar-refractivity contribution in [2.45, 2.75) is 39.7 Å². The Morgan fingerprint density at radius 1 is 1.35 bits per heavy atom. The van der Waals surface area contributed by atoms with Gasteiger partial charge in [-0.2, -0.15) is 0 Å². The van der Waals surface area contributed by atoms with Gasteiger partial charge in [-0.05, 0) is 20.3 Å². The molecule has 26 heavy (non-hydrogen) atoms. The first-order valence-corrected chi connectivity index (χ1v) is 8.54. The summed E-state index contributed by atoms with van der Waals surface area (Å²) in [5.41, 5.74) is 0.450. The molecule has 1 N–H and O–H groups in total. The number of rotatable bonds is 4. The maximum absolute atomic E-state index is 12.3. The highest BCUT2D eigenvalue weighted by molar-refractivity contribution is 5.91. The topological polar surface area (TPSA) is 86.0 Å². The van der Waals surface area contributed by atoms with Crippen molar-refractivity contribution >= 4 is 16.8 Å². The third-order valence-corrected chi connectivity index (χ3v) is 4.53. The van der Waals surface area contributed by atoms with E-state index in [1.165, 1.54) is 19.3 Å². The van der Waals surface area contributed by atoms with E-state index in [1.807, 2.05) is 13.8 Å². The fourth-order valence-corrected chi connectivity index (χ4v) is 3.29. The lowest BCUT2D eigenvalue weighted by atomic mass is 9.94. The van der Waals surface area contributed by atoms with Gasteiger partial charge in [0.05, 0.1) is 7.11 Å². The maximum atomic E-state index is 12.3. The van der Waals surface area contributed by atoms with E-state index in [4.69, 9.17) is 13.9 Å². The van der Waals surface area contributed by atoms with Crippen LogP contribution in [-0.2, 0) is 16.0 Å². The largest absolute Gasteiger partial charge is 0.507 e. The number of carbonyl (C=O) groups is 1. The molecule has 138 valence electrons. The molecule has 2 heterocycles. The molecule has 0 aliphatic carbocycles. The molecular formula is C20H22O6. The number of allylic oxidation sites excluding steroid dienone is 2. The van der Waals surface area contributed by atoms with Gasteiger partial charge in [0.15, 0.2) is 11.2 Å². The Balaban J connectivity index is 2.06. The van der Waals surface area contributed by atoms with Crippen LogP contribution in [0, 0.1) is 12.8 Å². The minimum atomic E-state index is -0.310. The Hall–Kier alpha value is -2.76. The van der Waals surface area contributed by atoms with Crippen LogP contribution in [0.5, 0.6) is 11.5 Å². The van der Waals surface area contributed by atoms with Gasteiger partial charge in [-0.15, -0.1) is 0 Å². The van der Waals surface area contributed by atoms with Crippen LogP contribution in [0.3, 0.4) is 0 Å². The van der Waals surface area contributed by atoms with Crippen molar-refractivity contribution in [3.63, 3.8) is 0 Å². The molecule has 1 aromatic carbocycles. The van der Waals surface area contributed by atoms with Gasteiger partial charge in [0, 0.05) is 36.1 Å². The van der Waals surface area contributed by atoms with Crippen molar-refractivity contribution in [1.82, 2.24) is 0 Å². The number of ether oxygens (including phenoxy) is 2. The fourth-order valence-electron chi connectivity index (χ4n) is 3.29. The Bertz CT molecular complexity index is 953. The third-order valence-electron chi connectivity index (χ3n) is 4.53. The van der Waals surface area contributed by atoms with E-state index >= 15 is 0 Å². The van der Waals surface area contributed by atoms with Crippen LogP contribution in [0.4, 0.5) is 0 Å². The molecule has 0 bridgehead atoms. The second kappa shape index (κ2) is 6.86. The van der Waals surface area contributed by atoms with Gasteiger partial charge in [-0.25, -0.2) is 0 Å². The molecule has 0 unspecified atom stereocenters. The molecule has 0 saturated carbocycles. The van der Waals surface area contributed by atoms with Gasteiger partial charge in [-0.3, -0.25) is 9.59 Å². The highest BCUT2D eigenvalue weighted by Gasteiger charge is 2.25. The van der Waals surface area contributed by atoms with Crippen LogP contribution in [0.25, 0.3) is 11.0 Å². The summed E-state index contributed by atoms with van der Waals surface area (Å²) in [5, 5.41) is 10.8. The number of fused-ring (bicyclic) bond motifs is 1. The standard InChI is InChI=1S/C20H22O6/c1-10(16-8-13(21)6-11(2)25-16)5-14-17(24-4)9-18-19(20(14)23)15(22)7-12(3)26-18/h7-11,23H,5-6H2,1-4H3/t10-,11-/m0/s1. The van der Waals surface area contributed by atoms with Crippen LogP contribution in [-0.4, -0.2) is 24.1 Å². The van der Waals surface area contributed by atoms with Crippen molar-refractivity contribution in [3.8, 4) is 11.5 Å². The normalized spacial score (nSPS) is 18.4. The highest BCUT2D eigenvalue weighted by Crippen LogP contribution is 2.38. The number of hydrogen-bond acceptors (Lipinski definition) is 6. The Labute approximate surface area is 151 Å². The Kier molecular flexibility index (Phi) is 4.76. The molecule has 2 aromatic rings. The molecule has 1 aromatic heterocycles. The van der Waals surface area contributed by atoms with Gasteiger partial charge in [0.1, 0.15) is 40.1 Å². The lowest BCUT2D eigenvalue weighted by molar-refractivity contribution is -0.118. The highest BCUT2D eigenvalue weighted by atomic mass is 16.5. The number of hydrogen-bond donors (Lipinski definition) is 1. The van der Waals surface area contributed by atoms with E-state index in [0.717, 1.165) is 0 Å². The number of aryl methyl sites for hydroxylation is 1. The summed E-state index contributed by atoms with van der Waals surface area (Å²) in [6.45, 7) is 5.42. The summed E-state index contributed by atoms with van der Waals surface area (Å²) < 4.78 is 16.7. The first-order valence-electron chi connectivity index (χ1n) is 8.54. The predicted molar refractivity (Wildman–Crippen MR) is 96.6 cm³/mol. The molecule has 1 aliphatic rings. The molecule has 6 heteroatoms. The van der Waals surface area contributed by atoms with E-state index in [2.05, 4.69) is 0 Å². The number of aromatic hydroxyl groups is 1. The molecule has 3 rings (SSSR count). The lowest BCUT2D eigenvalue weighted by Gasteiger charge is -2.25. The van der Waals surface area contributed by atoms with Crippen molar-refractivity contribution in [3.05, 3.63) is 45.5 Å². The molecule has 0 saturated heterocycles. The van der Waals surface area contributed by atoms with Gasteiger partial charge in [0.2, 0.25) is 0 Å².